The van der Waals surface area contributed by atoms with E-state index in [9.17, 15) is 22.8 Å². The average Bonchev–Trinajstić information content (AvgIpc) is 2.34. The number of rotatable bonds is 4. The van der Waals surface area contributed by atoms with Gasteiger partial charge in [0.05, 0.1) is 0 Å². The first-order valence-corrected chi connectivity index (χ1v) is 5.30. The minimum Gasteiger partial charge on any atom is -0.477 e. The number of pyridine rings is 1. The van der Waals surface area contributed by atoms with E-state index in [1.807, 2.05) is 0 Å². The van der Waals surface area contributed by atoms with E-state index in [-0.39, 0.29) is 12.1 Å². The molecule has 1 N–H and O–H groups in total. The average molecular weight is 276 g/mol. The van der Waals surface area contributed by atoms with Gasteiger partial charge in [0, 0.05) is 18.3 Å². The topological polar surface area (TPSA) is 70.5 Å². The number of hydrogen-bond acceptors (Lipinski definition) is 3. The number of aromatic carboxylic acids is 1. The molecule has 19 heavy (non-hydrogen) atoms. The Hall–Kier alpha value is -2.12. The van der Waals surface area contributed by atoms with Crippen LogP contribution in [-0.4, -0.2) is 46.1 Å². The first kappa shape index (κ1) is 14.9. The highest BCUT2D eigenvalue weighted by molar-refractivity contribution is 5.96. The summed E-state index contributed by atoms with van der Waals surface area (Å²) in [5.74, 6) is -2.24. The fourth-order valence-electron chi connectivity index (χ4n) is 1.41. The third-order valence-corrected chi connectivity index (χ3v) is 2.27. The molecule has 8 heteroatoms. The van der Waals surface area contributed by atoms with Crippen molar-refractivity contribution in [2.45, 2.75) is 13.1 Å². The summed E-state index contributed by atoms with van der Waals surface area (Å²) in [5.41, 5.74) is -0.535. The van der Waals surface area contributed by atoms with Crippen LogP contribution in [0.25, 0.3) is 0 Å². The number of hydrogen-bond donors (Lipinski definition) is 1. The molecule has 1 amide bonds. The third kappa shape index (κ3) is 4.23. The summed E-state index contributed by atoms with van der Waals surface area (Å²) < 4.78 is 36.8. The van der Waals surface area contributed by atoms with E-state index in [1.165, 1.54) is 13.0 Å². The standard InChI is InChI=1S/C11H11F3N2O3/c1-2-16(6-11(12,13)14)9(17)7-3-4-15-8(5-7)10(18)19/h3-5H,2,6H2,1H3,(H,18,19). The van der Waals surface area contributed by atoms with Crippen LogP contribution in [0.2, 0.25) is 0 Å². The number of carbonyl (C=O) groups excluding carboxylic acids is 1. The molecule has 0 radical (unpaired) electrons. The van der Waals surface area contributed by atoms with Gasteiger partial charge < -0.3 is 10.0 Å². The van der Waals surface area contributed by atoms with E-state index in [2.05, 4.69) is 4.98 Å². The third-order valence-electron chi connectivity index (χ3n) is 2.27. The number of halogens is 3. The highest BCUT2D eigenvalue weighted by Gasteiger charge is 2.32. The van der Waals surface area contributed by atoms with Crippen LogP contribution in [0.1, 0.15) is 27.8 Å². The maximum atomic E-state index is 12.3. The quantitative estimate of drug-likeness (QED) is 0.910. The van der Waals surface area contributed by atoms with E-state index >= 15 is 0 Å². The predicted octanol–water partition coefficient (Wildman–Crippen LogP) is 1.80. The molecule has 0 aromatic carbocycles. The summed E-state index contributed by atoms with van der Waals surface area (Å²) in [6.07, 6.45) is -3.44. The first-order valence-electron chi connectivity index (χ1n) is 5.30. The number of carboxylic acid groups (broad SMARTS) is 1. The molecule has 0 aliphatic carbocycles. The lowest BCUT2D eigenvalue weighted by atomic mass is 10.2. The van der Waals surface area contributed by atoms with E-state index in [0.29, 0.717) is 4.90 Å². The van der Waals surface area contributed by atoms with E-state index in [0.717, 1.165) is 12.3 Å². The molecule has 0 fully saturated rings. The Balaban J connectivity index is 2.97. The minimum absolute atomic E-state index is 0.136. The second kappa shape index (κ2) is 5.68. The summed E-state index contributed by atoms with van der Waals surface area (Å²) in [4.78, 5) is 26.6. The van der Waals surface area contributed by atoms with Crippen LogP contribution in [0.4, 0.5) is 13.2 Å². The Morgan fingerprint density at radius 2 is 2.05 bits per heavy atom. The molecule has 1 aromatic heterocycles. The number of aromatic nitrogens is 1. The molecule has 0 unspecified atom stereocenters. The highest BCUT2D eigenvalue weighted by Crippen LogP contribution is 2.18. The monoisotopic (exact) mass is 276 g/mol. The van der Waals surface area contributed by atoms with Gasteiger partial charge in [-0.1, -0.05) is 0 Å². The Morgan fingerprint density at radius 1 is 1.42 bits per heavy atom. The fourth-order valence-corrected chi connectivity index (χ4v) is 1.41. The van der Waals surface area contributed by atoms with Gasteiger partial charge >= 0.3 is 12.1 Å². The largest absolute Gasteiger partial charge is 0.477 e. The van der Waals surface area contributed by atoms with Gasteiger partial charge in [-0.15, -0.1) is 0 Å². The fraction of sp³-hybridized carbons (Fsp3) is 0.364. The molecule has 1 heterocycles. The van der Waals surface area contributed by atoms with E-state index < -0.39 is 30.3 Å². The van der Waals surface area contributed by atoms with Gasteiger partial charge in [0.1, 0.15) is 12.2 Å². The Bertz CT molecular complexity index is 488. The van der Waals surface area contributed by atoms with Crippen molar-refractivity contribution in [3.63, 3.8) is 0 Å². The van der Waals surface area contributed by atoms with Crippen LogP contribution in [0.15, 0.2) is 18.3 Å². The molecule has 0 saturated heterocycles. The summed E-state index contributed by atoms with van der Waals surface area (Å²) >= 11 is 0. The van der Waals surface area contributed by atoms with Crippen LogP contribution >= 0.6 is 0 Å². The number of alkyl halides is 3. The van der Waals surface area contributed by atoms with Crippen molar-refractivity contribution in [2.75, 3.05) is 13.1 Å². The molecule has 0 saturated carbocycles. The van der Waals surface area contributed by atoms with Crippen LogP contribution in [-0.2, 0) is 0 Å². The van der Waals surface area contributed by atoms with Crippen molar-refractivity contribution in [2.24, 2.45) is 0 Å². The summed E-state index contributed by atoms with van der Waals surface area (Å²) in [7, 11) is 0. The summed E-state index contributed by atoms with van der Waals surface area (Å²) in [6, 6.07) is 2.12. The maximum Gasteiger partial charge on any atom is 0.406 e. The molecular formula is C11H11F3N2O3. The lowest BCUT2D eigenvalue weighted by molar-refractivity contribution is -0.140. The SMILES string of the molecule is CCN(CC(F)(F)F)C(=O)c1ccnc(C(=O)O)c1. The first-order chi connectivity index (χ1) is 8.74. The Morgan fingerprint density at radius 3 is 2.53 bits per heavy atom. The van der Waals surface area contributed by atoms with Crippen LogP contribution in [0.5, 0.6) is 0 Å². The van der Waals surface area contributed by atoms with Crippen molar-refractivity contribution >= 4 is 11.9 Å². The van der Waals surface area contributed by atoms with Crippen LogP contribution in [0.3, 0.4) is 0 Å². The minimum atomic E-state index is -4.51. The number of nitrogens with zero attached hydrogens (tertiary/aromatic N) is 2. The molecular weight excluding hydrogens is 265 g/mol. The predicted molar refractivity (Wildman–Crippen MR) is 58.8 cm³/mol. The number of amides is 1. The number of carboxylic acids is 1. The second-order valence-corrected chi connectivity index (χ2v) is 3.67. The molecule has 104 valence electrons. The van der Waals surface area contributed by atoms with Crippen molar-refractivity contribution in [1.29, 1.82) is 0 Å². The summed E-state index contributed by atoms with van der Waals surface area (Å²) in [5, 5.41) is 8.71. The smallest absolute Gasteiger partial charge is 0.406 e. The molecule has 5 nitrogen and oxygen atoms in total. The van der Waals surface area contributed by atoms with E-state index in [1.54, 1.807) is 0 Å². The maximum absolute atomic E-state index is 12.3. The van der Waals surface area contributed by atoms with Crippen LogP contribution in [0, 0.1) is 0 Å². The van der Waals surface area contributed by atoms with Gasteiger partial charge in [-0.25, -0.2) is 9.78 Å². The zero-order valence-electron chi connectivity index (χ0n) is 9.94. The van der Waals surface area contributed by atoms with Crippen molar-refractivity contribution in [3.8, 4) is 0 Å². The molecule has 1 aromatic rings. The molecule has 1 rings (SSSR count). The molecule has 0 bridgehead atoms. The zero-order valence-corrected chi connectivity index (χ0v) is 9.94. The normalized spacial score (nSPS) is 11.2. The molecule has 0 aliphatic heterocycles. The van der Waals surface area contributed by atoms with Gasteiger partial charge in [-0.05, 0) is 19.1 Å². The van der Waals surface area contributed by atoms with Crippen LogP contribution < -0.4 is 0 Å². The Labute approximate surface area is 106 Å². The van der Waals surface area contributed by atoms with Gasteiger partial charge in [0.2, 0.25) is 0 Å². The number of carbonyl (C=O) groups is 2. The van der Waals surface area contributed by atoms with Gasteiger partial charge in [0.15, 0.2) is 0 Å². The van der Waals surface area contributed by atoms with Crippen molar-refractivity contribution < 1.29 is 27.9 Å². The van der Waals surface area contributed by atoms with E-state index in [4.69, 9.17) is 5.11 Å². The molecule has 0 atom stereocenters. The van der Waals surface area contributed by atoms with Gasteiger partial charge in [-0.2, -0.15) is 13.2 Å². The highest BCUT2D eigenvalue weighted by atomic mass is 19.4. The lowest BCUT2D eigenvalue weighted by Gasteiger charge is -2.22. The molecule has 0 aliphatic rings. The van der Waals surface area contributed by atoms with Crippen molar-refractivity contribution in [3.05, 3.63) is 29.6 Å². The van der Waals surface area contributed by atoms with Crippen molar-refractivity contribution in [1.82, 2.24) is 9.88 Å². The Kier molecular flexibility index (Phi) is 4.47. The lowest BCUT2D eigenvalue weighted by Crippen LogP contribution is -2.38. The second-order valence-electron chi connectivity index (χ2n) is 3.67. The molecule has 0 spiro atoms. The van der Waals surface area contributed by atoms with Gasteiger partial charge in [-0.3, -0.25) is 4.79 Å². The van der Waals surface area contributed by atoms with Gasteiger partial charge in [0.25, 0.3) is 5.91 Å². The summed E-state index contributed by atoms with van der Waals surface area (Å²) in [6.45, 7) is -0.112. The zero-order chi connectivity index (χ0) is 14.6.